The molecular weight excluding hydrogens is 290 g/mol. The summed E-state index contributed by atoms with van der Waals surface area (Å²) in [7, 11) is -3.28. The summed E-state index contributed by atoms with van der Waals surface area (Å²) in [4.78, 5) is 11.8. The second-order valence-corrected chi connectivity index (χ2v) is 7.08. The zero-order valence-corrected chi connectivity index (χ0v) is 12.9. The summed E-state index contributed by atoms with van der Waals surface area (Å²) in [6.45, 7) is 1.04. The smallest absolute Gasteiger partial charge is 0.229 e. The monoisotopic (exact) mass is 311 g/mol. The number of amides is 1. The molecular formula is C14H21N3O3S. The zero-order valence-electron chi connectivity index (χ0n) is 12.1. The van der Waals surface area contributed by atoms with Crippen LogP contribution in [0.4, 0.5) is 11.4 Å². The number of rotatable bonds is 6. The molecule has 3 N–H and O–H groups in total. The minimum absolute atomic E-state index is 0.0208. The van der Waals surface area contributed by atoms with Gasteiger partial charge in [-0.25, -0.2) is 8.42 Å². The topological polar surface area (TPSA) is 87.3 Å². The summed E-state index contributed by atoms with van der Waals surface area (Å²) in [5, 5.41) is 6.17. The zero-order chi connectivity index (χ0) is 15.3. The average molecular weight is 311 g/mol. The predicted octanol–water partition coefficient (Wildman–Crippen LogP) is 1.53. The highest BCUT2D eigenvalue weighted by Gasteiger charge is 2.15. The van der Waals surface area contributed by atoms with Gasteiger partial charge in [-0.1, -0.05) is 0 Å². The molecule has 0 bridgehead atoms. The molecule has 1 fully saturated rings. The highest BCUT2D eigenvalue weighted by Crippen LogP contribution is 2.16. The van der Waals surface area contributed by atoms with Crippen LogP contribution in [0.25, 0.3) is 0 Å². The van der Waals surface area contributed by atoms with E-state index in [1.807, 2.05) is 0 Å². The van der Waals surface area contributed by atoms with E-state index in [0.29, 0.717) is 23.8 Å². The van der Waals surface area contributed by atoms with Gasteiger partial charge >= 0.3 is 0 Å². The van der Waals surface area contributed by atoms with Gasteiger partial charge in [-0.15, -0.1) is 0 Å². The van der Waals surface area contributed by atoms with Gasteiger partial charge in [-0.05, 0) is 50.1 Å². The summed E-state index contributed by atoms with van der Waals surface area (Å²) in [6, 6.07) is 7.06. The maximum Gasteiger partial charge on any atom is 0.229 e. The largest absolute Gasteiger partial charge is 0.326 e. The molecule has 0 aliphatic carbocycles. The molecule has 1 heterocycles. The van der Waals surface area contributed by atoms with E-state index < -0.39 is 10.0 Å². The van der Waals surface area contributed by atoms with Gasteiger partial charge in [0.05, 0.1) is 6.26 Å². The molecule has 7 heteroatoms. The van der Waals surface area contributed by atoms with Crippen molar-refractivity contribution < 1.29 is 13.2 Å². The van der Waals surface area contributed by atoms with Crippen molar-refractivity contribution in [2.75, 3.05) is 22.8 Å². The molecule has 1 aromatic carbocycles. The number of benzene rings is 1. The third-order valence-corrected chi connectivity index (χ3v) is 3.96. The fourth-order valence-corrected chi connectivity index (χ4v) is 2.93. The average Bonchev–Trinajstić information content (AvgIpc) is 2.90. The highest BCUT2D eigenvalue weighted by molar-refractivity contribution is 7.92. The number of sulfonamides is 1. The Bertz CT molecular complexity index is 578. The molecule has 0 radical (unpaired) electrons. The van der Waals surface area contributed by atoms with Crippen LogP contribution in [0.5, 0.6) is 0 Å². The first-order chi connectivity index (χ1) is 9.92. The Kier molecular flexibility index (Phi) is 5.19. The van der Waals surface area contributed by atoms with Gasteiger partial charge in [0, 0.05) is 23.8 Å². The van der Waals surface area contributed by atoms with Crippen LogP contribution in [0.1, 0.15) is 25.7 Å². The summed E-state index contributed by atoms with van der Waals surface area (Å²) in [6.07, 6.45) is 4.75. The second kappa shape index (κ2) is 6.91. The first kappa shape index (κ1) is 15.8. The summed E-state index contributed by atoms with van der Waals surface area (Å²) >= 11 is 0. The maximum atomic E-state index is 11.8. The van der Waals surface area contributed by atoms with Crippen molar-refractivity contribution in [1.82, 2.24) is 5.32 Å². The Labute approximate surface area is 125 Å². The fourth-order valence-electron chi connectivity index (χ4n) is 2.37. The molecule has 1 aliphatic rings. The molecule has 0 saturated carbocycles. The van der Waals surface area contributed by atoms with Crippen molar-refractivity contribution in [3.05, 3.63) is 24.3 Å². The standard InChI is InChI=1S/C14H21N3O3S/c1-21(19,20)17-13-6-4-12(5-7-13)16-14(18)9-8-11-3-2-10-15-11/h4-7,11,15,17H,2-3,8-10H2,1H3,(H,16,18). The van der Waals surface area contributed by atoms with E-state index in [9.17, 15) is 13.2 Å². The lowest BCUT2D eigenvalue weighted by Crippen LogP contribution is -2.23. The molecule has 1 atom stereocenters. The van der Waals surface area contributed by atoms with Crippen molar-refractivity contribution in [2.45, 2.75) is 31.7 Å². The first-order valence-electron chi connectivity index (χ1n) is 7.03. The highest BCUT2D eigenvalue weighted by atomic mass is 32.2. The Balaban J connectivity index is 1.80. The van der Waals surface area contributed by atoms with Crippen molar-refractivity contribution in [3.63, 3.8) is 0 Å². The van der Waals surface area contributed by atoms with Gasteiger partial charge in [-0.3, -0.25) is 9.52 Å². The van der Waals surface area contributed by atoms with Crippen molar-refractivity contribution in [2.24, 2.45) is 0 Å². The van der Waals surface area contributed by atoms with Gasteiger partial charge in [0.25, 0.3) is 0 Å². The molecule has 21 heavy (non-hydrogen) atoms. The minimum atomic E-state index is -3.28. The Morgan fingerprint density at radius 3 is 2.52 bits per heavy atom. The molecule has 1 aromatic rings. The molecule has 2 rings (SSSR count). The lowest BCUT2D eigenvalue weighted by molar-refractivity contribution is -0.116. The van der Waals surface area contributed by atoms with Crippen molar-refractivity contribution >= 4 is 27.3 Å². The van der Waals surface area contributed by atoms with Crippen LogP contribution in [0.15, 0.2) is 24.3 Å². The van der Waals surface area contributed by atoms with Crippen molar-refractivity contribution in [1.29, 1.82) is 0 Å². The first-order valence-corrected chi connectivity index (χ1v) is 8.92. The van der Waals surface area contributed by atoms with Crippen LogP contribution >= 0.6 is 0 Å². The van der Waals surface area contributed by atoms with Crippen LogP contribution in [-0.2, 0) is 14.8 Å². The Morgan fingerprint density at radius 1 is 1.29 bits per heavy atom. The van der Waals surface area contributed by atoms with Gasteiger partial charge in [-0.2, -0.15) is 0 Å². The molecule has 116 valence electrons. The van der Waals surface area contributed by atoms with Crippen LogP contribution < -0.4 is 15.4 Å². The molecule has 1 amide bonds. The molecule has 1 unspecified atom stereocenters. The van der Waals surface area contributed by atoms with E-state index in [0.717, 1.165) is 25.6 Å². The lowest BCUT2D eigenvalue weighted by Gasteiger charge is -2.10. The molecule has 1 saturated heterocycles. The number of carbonyl (C=O) groups is 1. The quantitative estimate of drug-likeness (QED) is 0.743. The van der Waals surface area contributed by atoms with Gasteiger partial charge < -0.3 is 10.6 Å². The lowest BCUT2D eigenvalue weighted by atomic mass is 10.1. The number of nitrogens with one attached hydrogen (secondary N) is 3. The molecule has 6 nitrogen and oxygen atoms in total. The maximum absolute atomic E-state index is 11.8. The third kappa shape index (κ3) is 5.73. The van der Waals surface area contributed by atoms with Gasteiger partial charge in [0.15, 0.2) is 0 Å². The van der Waals surface area contributed by atoms with Gasteiger partial charge in [0.2, 0.25) is 15.9 Å². The Hall–Kier alpha value is -1.60. The molecule has 0 aromatic heterocycles. The third-order valence-electron chi connectivity index (χ3n) is 3.35. The molecule has 0 spiro atoms. The van der Waals surface area contributed by atoms with E-state index in [1.54, 1.807) is 24.3 Å². The van der Waals surface area contributed by atoms with E-state index in [4.69, 9.17) is 0 Å². The van der Waals surface area contributed by atoms with E-state index in [2.05, 4.69) is 15.4 Å². The van der Waals surface area contributed by atoms with E-state index in [1.165, 1.54) is 6.42 Å². The van der Waals surface area contributed by atoms with Gasteiger partial charge in [0.1, 0.15) is 0 Å². The van der Waals surface area contributed by atoms with Crippen LogP contribution in [0, 0.1) is 0 Å². The molecule has 1 aliphatic heterocycles. The number of hydrogen-bond acceptors (Lipinski definition) is 4. The van der Waals surface area contributed by atoms with E-state index >= 15 is 0 Å². The van der Waals surface area contributed by atoms with Crippen LogP contribution in [0.2, 0.25) is 0 Å². The van der Waals surface area contributed by atoms with Crippen LogP contribution in [-0.4, -0.2) is 33.2 Å². The summed E-state index contributed by atoms with van der Waals surface area (Å²) in [5.74, 6) is -0.0208. The minimum Gasteiger partial charge on any atom is -0.326 e. The number of anilines is 2. The fraction of sp³-hybridized carbons (Fsp3) is 0.500. The second-order valence-electron chi connectivity index (χ2n) is 5.33. The van der Waals surface area contributed by atoms with Crippen LogP contribution in [0.3, 0.4) is 0 Å². The van der Waals surface area contributed by atoms with E-state index in [-0.39, 0.29) is 5.91 Å². The number of carbonyl (C=O) groups excluding carboxylic acids is 1. The Morgan fingerprint density at radius 2 is 1.95 bits per heavy atom. The summed E-state index contributed by atoms with van der Waals surface area (Å²) < 4.78 is 24.6. The summed E-state index contributed by atoms with van der Waals surface area (Å²) in [5.41, 5.74) is 1.14. The normalized spacial score (nSPS) is 18.4. The number of hydrogen-bond donors (Lipinski definition) is 3. The predicted molar refractivity (Wildman–Crippen MR) is 83.8 cm³/mol. The van der Waals surface area contributed by atoms with Crippen molar-refractivity contribution in [3.8, 4) is 0 Å². The SMILES string of the molecule is CS(=O)(=O)Nc1ccc(NC(=O)CCC2CCCN2)cc1.